The molecule has 1 atom stereocenters. The monoisotopic (exact) mass is 266 g/mol. The predicted octanol–water partition coefficient (Wildman–Crippen LogP) is 4.51. The maximum Gasteiger partial charge on any atom is 0.0931 e. The maximum absolute atomic E-state index is 5.82. The van der Waals surface area contributed by atoms with Gasteiger partial charge in [0.05, 0.1) is 4.34 Å². The van der Waals surface area contributed by atoms with E-state index in [9.17, 15) is 0 Å². The summed E-state index contributed by atoms with van der Waals surface area (Å²) >= 11 is 11.1. The fraction of sp³-hybridized carbons (Fsp3) is 0.556. The second kappa shape index (κ2) is 5.25. The van der Waals surface area contributed by atoms with Crippen LogP contribution in [0.4, 0.5) is 0 Å². The molecule has 0 bridgehead atoms. The van der Waals surface area contributed by atoms with Crippen molar-refractivity contribution in [2.75, 3.05) is 0 Å². The van der Waals surface area contributed by atoms with Gasteiger partial charge in [-0.2, -0.15) is 0 Å². The molecular formula is C9H12BrClS. The van der Waals surface area contributed by atoms with E-state index >= 15 is 0 Å². The van der Waals surface area contributed by atoms with Crippen molar-refractivity contribution in [3.63, 3.8) is 0 Å². The van der Waals surface area contributed by atoms with Gasteiger partial charge in [-0.05, 0) is 31.4 Å². The summed E-state index contributed by atoms with van der Waals surface area (Å²) in [5.74, 6) is 0. The fourth-order valence-corrected chi connectivity index (χ4v) is 2.32. The van der Waals surface area contributed by atoms with Gasteiger partial charge < -0.3 is 0 Å². The SMILES string of the molecule is CCC(Br)CCc1ccc(Cl)s1. The van der Waals surface area contributed by atoms with Gasteiger partial charge in [-0.1, -0.05) is 34.5 Å². The van der Waals surface area contributed by atoms with Crippen LogP contribution in [0.25, 0.3) is 0 Å². The molecule has 1 aromatic heterocycles. The molecule has 0 nitrogen and oxygen atoms in total. The second-order valence-corrected chi connectivity index (χ2v) is 5.84. The standard InChI is InChI=1S/C9H12BrClS/c1-2-7(10)3-4-8-5-6-9(11)12-8/h5-7H,2-4H2,1H3. The van der Waals surface area contributed by atoms with Crippen LogP contribution < -0.4 is 0 Å². The van der Waals surface area contributed by atoms with Crippen LogP contribution in [-0.2, 0) is 6.42 Å². The topological polar surface area (TPSA) is 0 Å². The van der Waals surface area contributed by atoms with Crippen LogP contribution in [0, 0.1) is 0 Å². The molecule has 1 unspecified atom stereocenters. The highest BCUT2D eigenvalue weighted by Crippen LogP contribution is 2.24. The Labute approximate surface area is 91.1 Å². The molecule has 0 N–H and O–H groups in total. The van der Waals surface area contributed by atoms with Crippen molar-refractivity contribution >= 4 is 38.9 Å². The molecule has 0 saturated carbocycles. The van der Waals surface area contributed by atoms with Crippen LogP contribution in [0.3, 0.4) is 0 Å². The highest BCUT2D eigenvalue weighted by atomic mass is 79.9. The number of hydrogen-bond donors (Lipinski definition) is 0. The molecule has 0 spiro atoms. The van der Waals surface area contributed by atoms with Gasteiger partial charge in [0, 0.05) is 9.70 Å². The molecule has 0 saturated heterocycles. The molecule has 1 rings (SSSR count). The van der Waals surface area contributed by atoms with Crippen LogP contribution >= 0.6 is 38.9 Å². The molecule has 0 fully saturated rings. The van der Waals surface area contributed by atoms with Gasteiger partial charge in [-0.25, -0.2) is 0 Å². The molecule has 0 radical (unpaired) electrons. The molecular weight excluding hydrogens is 256 g/mol. The number of alkyl halides is 1. The fourth-order valence-electron chi connectivity index (χ4n) is 0.989. The molecule has 0 aromatic carbocycles. The number of thiophene rings is 1. The Morgan fingerprint density at radius 2 is 2.33 bits per heavy atom. The van der Waals surface area contributed by atoms with Crippen LogP contribution in [-0.4, -0.2) is 4.83 Å². The average Bonchev–Trinajstić information content (AvgIpc) is 2.47. The molecule has 1 aromatic rings. The summed E-state index contributed by atoms with van der Waals surface area (Å²) in [6.07, 6.45) is 3.54. The van der Waals surface area contributed by atoms with Gasteiger partial charge in [-0.3, -0.25) is 0 Å². The van der Waals surface area contributed by atoms with Crippen molar-refractivity contribution in [3.8, 4) is 0 Å². The lowest BCUT2D eigenvalue weighted by Gasteiger charge is -2.03. The average molecular weight is 268 g/mol. The zero-order chi connectivity index (χ0) is 8.97. The summed E-state index contributed by atoms with van der Waals surface area (Å²) in [4.78, 5) is 2.04. The summed E-state index contributed by atoms with van der Waals surface area (Å²) in [6, 6.07) is 4.08. The lowest BCUT2D eigenvalue weighted by molar-refractivity contribution is 0.752. The molecule has 0 amide bonds. The van der Waals surface area contributed by atoms with Gasteiger partial charge >= 0.3 is 0 Å². The van der Waals surface area contributed by atoms with Crippen LogP contribution in [0.1, 0.15) is 24.6 Å². The first kappa shape index (κ1) is 10.6. The maximum atomic E-state index is 5.82. The predicted molar refractivity (Wildman–Crippen MR) is 60.7 cm³/mol. The largest absolute Gasteiger partial charge is 0.128 e. The van der Waals surface area contributed by atoms with Gasteiger partial charge in [0.1, 0.15) is 0 Å². The molecule has 12 heavy (non-hydrogen) atoms. The Morgan fingerprint density at radius 1 is 1.58 bits per heavy atom. The summed E-state index contributed by atoms with van der Waals surface area (Å²) in [5, 5.41) is 0. The molecule has 3 heteroatoms. The number of rotatable bonds is 4. The first-order valence-corrected chi connectivity index (χ1v) is 6.21. The van der Waals surface area contributed by atoms with Gasteiger partial charge in [0.15, 0.2) is 0 Å². The Morgan fingerprint density at radius 3 is 2.83 bits per heavy atom. The van der Waals surface area contributed by atoms with Crippen LogP contribution in [0.15, 0.2) is 12.1 Å². The molecule has 1 heterocycles. The van der Waals surface area contributed by atoms with E-state index < -0.39 is 0 Å². The van der Waals surface area contributed by atoms with E-state index in [0.717, 1.165) is 10.8 Å². The van der Waals surface area contributed by atoms with Crippen molar-refractivity contribution in [1.82, 2.24) is 0 Å². The van der Waals surface area contributed by atoms with E-state index in [1.54, 1.807) is 11.3 Å². The third-order valence-electron chi connectivity index (χ3n) is 1.78. The zero-order valence-electron chi connectivity index (χ0n) is 7.02. The minimum absolute atomic E-state index is 0.651. The summed E-state index contributed by atoms with van der Waals surface area (Å²) in [5.41, 5.74) is 0. The number of halogens is 2. The van der Waals surface area contributed by atoms with Gasteiger partial charge in [0.25, 0.3) is 0 Å². The smallest absolute Gasteiger partial charge is 0.0931 e. The molecule has 0 aliphatic rings. The Bertz CT molecular complexity index is 234. The normalized spacial score (nSPS) is 13.2. The van der Waals surface area contributed by atoms with Crippen molar-refractivity contribution in [3.05, 3.63) is 21.3 Å². The Hall–Kier alpha value is 0.470. The lowest BCUT2D eigenvalue weighted by Crippen LogP contribution is -1.96. The highest BCUT2D eigenvalue weighted by molar-refractivity contribution is 9.09. The third kappa shape index (κ3) is 3.46. The quantitative estimate of drug-likeness (QED) is 0.704. The van der Waals surface area contributed by atoms with E-state index in [0.29, 0.717) is 4.83 Å². The number of hydrogen-bond acceptors (Lipinski definition) is 1. The van der Waals surface area contributed by atoms with Gasteiger partial charge in [-0.15, -0.1) is 11.3 Å². The first-order valence-electron chi connectivity index (χ1n) is 4.10. The van der Waals surface area contributed by atoms with Crippen molar-refractivity contribution in [2.45, 2.75) is 31.0 Å². The zero-order valence-corrected chi connectivity index (χ0v) is 10.2. The molecule has 0 aliphatic carbocycles. The summed E-state index contributed by atoms with van der Waals surface area (Å²) in [6.45, 7) is 2.20. The molecule has 68 valence electrons. The van der Waals surface area contributed by atoms with Gasteiger partial charge in [0.2, 0.25) is 0 Å². The van der Waals surface area contributed by atoms with E-state index in [1.165, 1.54) is 17.7 Å². The lowest BCUT2D eigenvalue weighted by atomic mass is 10.2. The second-order valence-electron chi connectivity index (χ2n) is 2.75. The highest BCUT2D eigenvalue weighted by Gasteiger charge is 2.03. The van der Waals surface area contributed by atoms with E-state index in [1.807, 2.05) is 6.07 Å². The third-order valence-corrected chi connectivity index (χ3v) is 4.17. The Balaban J connectivity index is 2.33. The minimum Gasteiger partial charge on any atom is -0.128 e. The molecule has 0 aliphatic heterocycles. The number of aryl methyl sites for hydroxylation is 1. The first-order chi connectivity index (χ1) is 5.72. The van der Waals surface area contributed by atoms with Crippen LogP contribution in [0.5, 0.6) is 0 Å². The van der Waals surface area contributed by atoms with Crippen molar-refractivity contribution in [1.29, 1.82) is 0 Å². The minimum atomic E-state index is 0.651. The van der Waals surface area contributed by atoms with Crippen molar-refractivity contribution in [2.24, 2.45) is 0 Å². The summed E-state index contributed by atoms with van der Waals surface area (Å²) in [7, 11) is 0. The Kier molecular flexibility index (Phi) is 4.62. The van der Waals surface area contributed by atoms with Crippen LogP contribution in [0.2, 0.25) is 4.34 Å². The van der Waals surface area contributed by atoms with Crippen molar-refractivity contribution < 1.29 is 0 Å². The van der Waals surface area contributed by atoms with E-state index in [-0.39, 0.29) is 0 Å². The summed E-state index contributed by atoms with van der Waals surface area (Å²) < 4.78 is 0.896. The van der Waals surface area contributed by atoms with E-state index in [2.05, 4.69) is 28.9 Å². The van der Waals surface area contributed by atoms with E-state index in [4.69, 9.17) is 11.6 Å².